The van der Waals surface area contributed by atoms with Crippen LogP contribution in [0.15, 0.2) is 23.1 Å². The summed E-state index contributed by atoms with van der Waals surface area (Å²) >= 11 is 1.13. The van der Waals surface area contributed by atoms with Crippen molar-refractivity contribution in [3.8, 4) is 0 Å². The summed E-state index contributed by atoms with van der Waals surface area (Å²) in [4.78, 5) is 43.3. The van der Waals surface area contributed by atoms with E-state index in [1.807, 2.05) is 6.92 Å². The molecule has 2 heterocycles. The number of nitrogens with zero attached hydrogens (tertiary/aromatic N) is 2. The highest BCUT2D eigenvalue weighted by molar-refractivity contribution is 7.90. The number of anilines is 1. The Balaban J connectivity index is 1.48. The summed E-state index contributed by atoms with van der Waals surface area (Å²) < 4.78 is 24.0. The molecule has 0 radical (unpaired) electrons. The number of thiazole rings is 1. The summed E-state index contributed by atoms with van der Waals surface area (Å²) in [7, 11) is -3.35. The summed E-state index contributed by atoms with van der Waals surface area (Å²) in [5.41, 5.74) is -0.360. The predicted molar refractivity (Wildman–Crippen MR) is 112 cm³/mol. The molecule has 2 atom stereocenters. The Kier molecular flexibility index (Phi) is 5.05. The molecule has 1 aromatic heterocycles. The molecule has 4 rings (SSSR count). The van der Waals surface area contributed by atoms with Crippen molar-refractivity contribution in [3.63, 3.8) is 0 Å². The van der Waals surface area contributed by atoms with Gasteiger partial charge < -0.3 is 10.6 Å². The number of fused-ring (bicyclic) bond motifs is 1. The summed E-state index contributed by atoms with van der Waals surface area (Å²) in [6, 6.07) is 3.99. The molecule has 1 aliphatic heterocycles. The predicted octanol–water partition coefficient (Wildman–Crippen LogP) is 2.14. The van der Waals surface area contributed by atoms with Crippen molar-refractivity contribution in [2.45, 2.75) is 43.0 Å². The standard InChI is InChI=1S/C19H22N4O5S2/c1-11-5-3-4-8-19(11)16(25)23(18(26)22-19)10-15(24)21-17-20-13-7-6-12(30(2,27)28)9-14(13)29-17/h6-7,9,11H,3-5,8,10H2,1-2H3,(H,22,26)(H,20,21,24)/t11-,19+/m0/s1. The molecular weight excluding hydrogens is 428 g/mol. The Morgan fingerprint density at radius 3 is 2.83 bits per heavy atom. The van der Waals surface area contributed by atoms with E-state index in [1.54, 1.807) is 6.07 Å². The average molecular weight is 451 g/mol. The van der Waals surface area contributed by atoms with Crippen molar-refractivity contribution in [1.82, 2.24) is 15.2 Å². The highest BCUT2D eigenvalue weighted by atomic mass is 32.2. The number of rotatable bonds is 4. The number of carbonyl (C=O) groups is 3. The number of hydrogen-bond donors (Lipinski definition) is 2. The van der Waals surface area contributed by atoms with Crippen LogP contribution in [0.3, 0.4) is 0 Å². The highest BCUT2D eigenvalue weighted by Gasteiger charge is 2.55. The first-order valence-corrected chi connectivity index (χ1v) is 12.4. The molecule has 4 amide bonds. The number of sulfone groups is 1. The third kappa shape index (κ3) is 3.56. The molecule has 2 aliphatic rings. The number of imide groups is 1. The molecule has 1 aromatic carbocycles. The maximum Gasteiger partial charge on any atom is 0.325 e. The number of hydrogen-bond acceptors (Lipinski definition) is 7. The summed E-state index contributed by atoms with van der Waals surface area (Å²) in [5, 5.41) is 5.69. The van der Waals surface area contributed by atoms with Gasteiger partial charge in [0.2, 0.25) is 5.91 Å². The third-order valence-electron chi connectivity index (χ3n) is 5.84. The van der Waals surface area contributed by atoms with Gasteiger partial charge in [-0.15, -0.1) is 0 Å². The SMILES string of the molecule is C[C@H]1CCCC[C@@]12NC(=O)N(CC(=O)Nc1nc3ccc(S(C)(=O)=O)cc3s1)C2=O. The van der Waals surface area contributed by atoms with Gasteiger partial charge in [-0.05, 0) is 37.0 Å². The average Bonchev–Trinajstić information content (AvgIpc) is 3.17. The van der Waals surface area contributed by atoms with Crippen molar-refractivity contribution in [1.29, 1.82) is 0 Å². The van der Waals surface area contributed by atoms with E-state index < -0.39 is 33.9 Å². The van der Waals surface area contributed by atoms with Gasteiger partial charge in [0.15, 0.2) is 15.0 Å². The first-order chi connectivity index (χ1) is 14.1. The molecule has 30 heavy (non-hydrogen) atoms. The van der Waals surface area contributed by atoms with E-state index in [2.05, 4.69) is 15.6 Å². The molecule has 1 saturated heterocycles. The minimum absolute atomic E-state index is 0.0177. The van der Waals surface area contributed by atoms with Crippen LogP contribution in [0, 0.1) is 5.92 Å². The van der Waals surface area contributed by atoms with Crippen molar-refractivity contribution >= 4 is 54.4 Å². The maximum absolute atomic E-state index is 13.0. The summed E-state index contributed by atoms with van der Waals surface area (Å²) in [5.74, 6) is -0.873. The van der Waals surface area contributed by atoms with Crippen LogP contribution < -0.4 is 10.6 Å². The van der Waals surface area contributed by atoms with Crippen molar-refractivity contribution in [2.24, 2.45) is 5.92 Å². The number of aromatic nitrogens is 1. The zero-order valence-electron chi connectivity index (χ0n) is 16.6. The second-order valence-corrected chi connectivity index (χ2v) is 11.0. The van der Waals surface area contributed by atoms with Gasteiger partial charge in [-0.3, -0.25) is 14.5 Å². The first kappa shape index (κ1) is 20.7. The Labute approximate surface area is 177 Å². The number of carbonyl (C=O) groups excluding carboxylic acids is 3. The molecule has 1 saturated carbocycles. The second-order valence-electron chi connectivity index (χ2n) is 7.91. The highest BCUT2D eigenvalue weighted by Crippen LogP contribution is 2.38. The monoisotopic (exact) mass is 450 g/mol. The van der Waals surface area contributed by atoms with Gasteiger partial charge in [0.25, 0.3) is 5.91 Å². The molecule has 2 N–H and O–H groups in total. The van der Waals surface area contributed by atoms with Crippen LogP contribution in [0.5, 0.6) is 0 Å². The van der Waals surface area contributed by atoms with Crippen molar-refractivity contribution in [3.05, 3.63) is 18.2 Å². The van der Waals surface area contributed by atoms with Crippen LogP contribution in [0.2, 0.25) is 0 Å². The van der Waals surface area contributed by atoms with Crippen molar-refractivity contribution in [2.75, 3.05) is 18.1 Å². The number of amides is 4. The van der Waals surface area contributed by atoms with Gasteiger partial charge in [0, 0.05) is 6.26 Å². The Bertz CT molecular complexity index is 1160. The van der Waals surface area contributed by atoms with Crippen LogP contribution in [0.1, 0.15) is 32.6 Å². The lowest BCUT2D eigenvalue weighted by Gasteiger charge is -2.36. The van der Waals surface area contributed by atoms with Gasteiger partial charge in [0.1, 0.15) is 12.1 Å². The van der Waals surface area contributed by atoms with E-state index in [0.717, 1.165) is 41.8 Å². The lowest BCUT2D eigenvalue weighted by Crippen LogP contribution is -2.54. The molecule has 9 nitrogen and oxygen atoms in total. The molecule has 0 bridgehead atoms. The van der Waals surface area contributed by atoms with E-state index in [0.29, 0.717) is 16.6 Å². The lowest BCUT2D eigenvalue weighted by molar-refractivity contribution is -0.136. The Hall–Kier alpha value is -2.53. The third-order valence-corrected chi connectivity index (χ3v) is 7.88. The van der Waals surface area contributed by atoms with Gasteiger partial charge in [0.05, 0.1) is 15.1 Å². The molecule has 2 aromatic rings. The second kappa shape index (κ2) is 7.31. The van der Waals surface area contributed by atoms with Crippen LogP contribution in [-0.4, -0.2) is 54.5 Å². The minimum Gasteiger partial charge on any atom is -0.323 e. The van der Waals surface area contributed by atoms with E-state index >= 15 is 0 Å². The fraction of sp³-hybridized carbons (Fsp3) is 0.474. The topological polar surface area (TPSA) is 126 Å². The molecule has 0 unspecified atom stereocenters. The van der Waals surface area contributed by atoms with Gasteiger partial charge >= 0.3 is 6.03 Å². The van der Waals surface area contributed by atoms with E-state index in [1.165, 1.54) is 12.1 Å². The van der Waals surface area contributed by atoms with Crippen LogP contribution in [-0.2, 0) is 19.4 Å². The molecule has 11 heteroatoms. The van der Waals surface area contributed by atoms with Crippen molar-refractivity contribution < 1.29 is 22.8 Å². The molecular formula is C19H22N4O5S2. The molecule has 1 aliphatic carbocycles. The fourth-order valence-electron chi connectivity index (χ4n) is 4.13. The zero-order chi connectivity index (χ0) is 21.7. The Morgan fingerprint density at radius 1 is 1.37 bits per heavy atom. The van der Waals surface area contributed by atoms with E-state index in [-0.39, 0.29) is 21.9 Å². The zero-order valence-corrected chi connectivity index (χ0v) is 18.2. The maximum atomic E-state index is 13.0. The number of urea groups is 1. The summed E-state index contributed by atoms with van der Waals surface area (Å²) in [6.45, 7) is 1.55. The van der Waals surface area contributed by atoms with Crippen LogP contribution in [0.4, 0.5) is 9.93 Å². The minimum atomic E-state index is -3.35. The Morgan fingerprint density at radius 2 is 2.13 bits per heavy atom. The quantitative estimate of drug-likeness (QED) is 0.688. The van der Waals surface area contributed by atoms with Gasteiger partial charge in [-0.2, -0.15) is 0 Å². The largest absolute Gasteiger partial charge is 0.325 e. The smallest absolute Gasteiger partial charge is 0.323 e. The molecule has 1 spiro atoms. The lowest BCUT2D eigenvalue weighted by atomic mass is 9.73. The summed E-state index contributed by atoms with van der Waals surface area (Å²) in [6.07, 6.45) is 4.43. The van der Waals surface area contributed by atoms with Gasteiger partial charge in [-0.25, -0.2) is 18.2 Å². The molecule has 160 valence electrons. The number of nitrogens with one attached hydrogen (secondary N) is 2. The van der Waals surface area contributed by atoms with Crippen LogP contribution >= 0.6 is 11.3 Å². The fourth-order valence-corrected chi connectivity index (χ4v) is 5.77. The van der Waals surface area contributed by atoms with Crippen LogP contribution in [0.25, 0.3) is 10.2 Å². The van der Waals surface area contributed by atoms with Gasteiger partial charge in [-0.1, -0.05) is 31.1 Å². The van der Waals surface area contributed by atoms with E-state index in [9.17, 15) is 22.8 Å². The molecule has 2 fully saturated rings. The number of benzene rings is 1. The first-order valence-electron chi connectivity index (χ1n) is 9.65. The normalized spacial score (nSPS) is 24.5. The van der Waals surface area contributed by atoms with E-state index in [4.69, 9.17) is 0 Å².